The Kier molecular flexibility index (Phi) is 25.0. The molecule has 13 aromatic heterocycles. The quantitative estimate of drug-likeness (QED) is 0.0222. The van der Waals surface area contributed by atoms with Crippen LogP contribution in [0.3, 0.4) is 0 Å². The molecule has 0 unspecified atom stereocenters. The van der Waals surface area contributed by atoms with Crippen molar-refractivity contribution in [2.24, 2.45) is 0 Å². The average Bonchev–Trinajstić information content (AvgIpc) is 1.65. The van der Waals surface area contributed by atoms with E-state index in [-0.39, 0.29) is 44.8 Å². The SMILES string of the molecule is CC#Cc1cc(-c2c(C)noc2C)cc2[nH]c(C3CC3)nc12.Cc1ccc2ncccc2c1-c1cc(-c2c(C)noc2C)cc2[nH]c(NS(=O)(=O)C3CC3)nc12.Cc1n[nH]c(C)c1-c1cc(-c2c(C)noc2C)cc2[nH]c(NS(=O)(=O)C3CC3)nc12.Cc1noc(C)c1-c1cc(-c2cccnc2-c2ccccc2)c2nc(NS(=O)(=O)C3CC3)[nH]c2c1.Cc1noc(C)c1-c1cc(I)c2nc(NS(=O)(=O)C3CC3)[nH]c2c1. The van der Waals surface area contributed by atoms with E-state index < -0.39 is 40.1 Å². The van der Waals surface area contributed by atoms with E-state index in [1.54, 1.807) is 12.4 Å². The number of halogens is 1. The number of sulfonamides is 4. The number of H-pyrrole nitrogens is 6. The van der Waals surface area contributed by atoms with Gasteiger partial charge in [-0.2, -0.15) is 5.10 Å². The number of fused-ring (bicyclic) bond motifs is 6. The summed E-state index contributed by atoms with van der Waals surface area (Å²) in [5, 5.41) is 27.4. The largest absolute Gasteiger partial charge is 0.361 e. The molecule has 36 nitrogen and oxygen atoms in total. The molecule has 7 aromatic carbocycles. The minimum Gasteiger partial charge on any atom is -0.361 e. The van der Waals surface area contributed by atoms with Gasteiger partial charge < -0.3 is 47.5 Å². The molecular weight excluding hydrogens is 2030 g/mol. The van der Waals surface area contributed by atoms with Crippen molar-refractivity contribution >= 4 is 153 Å². The number of nitrogens with one attached hydrogen (secondary N) is 10. The highest BCUT2D eigenvalue weighted by Crippen LogP contribution is 2.47. The first-order valence-corrected chi connectivity index (χ1v) is 54.6. The average molecular weight is 2140 g/mol. The lowest BCUT2D eigenvalue weighted by molar-refractivity contribution is 0.393. The Morgan fingerprint density at radius 2 is 0.731 bits per heavy atom. The van der Waals surface area contributed by atoms with Gasteiger partial charge in [-0.25, -0.2) is 58.6 Å². The molecule has 0 aliphatic heterocycles. The first-order valence-electron chi connectivity index (χ1n) is 47.4. The number of pyridine rings is 2. The molecule has 5 saturated carbocycles. The molecule has 145 heavy (non-hydrogen) atoms. The fraction of sp³-hybridized carbons (Fsp3) is 0.279. The summed E-state index contributed by atoms with van der Waals surface area (Å²) in [5.74, 6) is 12.5. The monoisotopic (exact) mass is 2130 g/mol. The number of anilines is 4. The van der Waals surface area contributed by atoms with Crippen molar-refractivity contribution in [1.82, 2.24) is 95.8 Å². The number of benzene rings is 7. The Morgan fingerprint density at radius 1 is 0.352 bits per heavy atom. The van der Waals surface area contributed by atoms with Crippen molar-refractivity contribution in [1.29, 1.82) is 0 Å². The van der Waals surface area contributed by atoms with E-state index in [0.717, 1.165) is 216 Å². The highest BCUT2D eigenvalue weighted by Gasteiger charge is 2.41. The summed E-state index contributed by atoms with van der Waals surface area (Å²) in [6.45, 7) is 26.8. The zero-order valence-corrected chi connectivity index (χ0v) is 86.8. The minimum absolute atomic E-state index is 0.203. The van der Waals surface area contributed by atoms with Crippen molar-refractivity contribution in [3.63, 3.8) is 0 Å². The van der Waals surface area contributed by atoms with E-state index in [9.17, 15) is 33.7 Å². The molecule has 0 spiro atoms. The van der Waals surface area contributed by atoms with Gasteiger partial charge >= 0.3 is 0 Å². The summed E-state index contributed by atoms with van der Waals surface area (Å²) in [4.78, 5) is 48.3. The van der Waals surface area contributed by atoms with Crippen LogP contribution >= 0.6 is 22.6 Å². The second-order valence-electron chi connectivity index (χ2n) is 37.4. The molecule has 41 heteroatoms. The summed E-state index contributed by atoms with van der Waals surface area (Å²) in [6.07, 6.45) is 11.5. The lowest BCUT2D eigenvalue weighted by Gasteiger charge is -2.13. The van der Waals surface area contributed by atoms with Crippen molar-refractivity contribution < 1.29 is 56.3 Å². The zero-order chi connectivity index (χ0) is 101. The minimum atomic E-state index is -3.46. The van der Waals surface area contributed by atoms with Crippen LogP contribution in [0.15, 0.2) is 162 Å². The maximum absolute atomic E-state index is 12.6. The van der Waals surface area contributed by atoms with Crippen molar-refractivity contribution in [3.05, 3.63) is 229 Å². The van der Waals surface area contributed by atoms with Gasteiger partial charge in [-0.1, -0.05) is 80.2 Å². The number of aromatic nitrogens is 19. The Balaban J connectivity index is 0.000000108. The van der Waals surface area contributed by atoms with Gasteiger partial charge in [-0.15, -0.1) is 5.92 Å². The van der Waals surface area contributed by atoms with E-state index in [4.69, 9.17) is 32.6 Å². The van der Waals surface area contributed by atoms with E-state index >= 15 is 0 Å². The maximum Gasteiger partial charge on any atom is 0.237 e. The summed E-state index contributed by atoms with van der Waals surface area (Å²) in [7, 11) is -13.7. The van der Waals surface area contributed by atoms with Crippen LogP contribution in [0, 0.1) is 105 Å². The topological polar surface area (TPSA) is 513 Å². The third kappa shape index (κ3) is 19.3. The molecule has 20 aromatic rings. The van der Waals surface area contributed by atoms with Crippen molar-refractivity contribution in [2.75, 3.05) is 18.9 Å². The van der Waals surface area contributed by atoms with Gasteiger partial charge in [0, 0.05) is 94.2 Å². The van der Waals surface area contributed by atoms with Crippen LogP contribution in [-0.2, 0) is 40.1 Å². The molecule has 5 aliphatic rings. The Labute approximate surface area is 846 Å². The first-order chi connectivity index (χ1) is 69.5. The first kappa shape index (κ1) is 96.1. The summed E-state index contributed by atoms with van der Waals surface area (Å²) in [6, 6.07) is 42.0. The number of hydrogen-bond acceptors (Lipinski definition) is 26. The number of aryl methyl sites for hydroxylation is 13. The second-order valence-corrected chi connectivity index (χ2v) is 46.4. The molecule has 0 bridgehead atoms. The number of rotatable bonds is 22. The van der Waals surface area contributed by atoms with Crippen LogP contribution in [0.25, 0.3) is 166 Å². The number of nitrogens with zero attached hydrogens (tertiary/aromatic N) is 13. The number of aromatic amines is 6. The highest BCUT2D eigenvalue weighted by atomic mass is 127. The zero-order valence-electron chi connectivity index (χ0n) is 81.4. The Bertz CT molecular complexity index is 9030. The smallest absolute Gasteiger partial charge is 0.237 e. The molecule has 5 fully saturated rings. The van der Waals surface area contributed by atoms with E-state index in [2.05, 4.69) is 164 Å². The molecule has 13 heterocycles. The molecule has 5 aliphatic carbocycles. The van der Waals surface area contributed by atoms with E-state index in [1.165, 1.54) is 12.8 Å². The van der Waals surface area contributed by atoms with Gasteiger partial charge in [0.15, 0.2) is 0 Å². The standard InChI is InChI=1S/C26H23N5O3S.C25H23N5O3S.C20H22N6O3S.C18H17N3O.C15H15IN4O3S/c1-15-23(16(2)34-30-15)18-13-21(20-9-6-12-27-24(20)17-7-4-3-5-8-17)25-22(14-18)28-26(29-25)31-35(32,33)19-10-11-19;1-13-6-9-20-18(5-4-10-26-20)22(13)19-11-16(23-14(2)29-33-15(23)3)12-21-24(19)28-25(27-21)30-34(31,32)17-7-8-17;1-9-17(10(2)24-23-9)15-7-13(18-11(3)25-29-12(18)4)8-16-19(15)22-20(21-16)26-30(27,28)14-5-6-14;1-4-5-13-8-14(16-10(2)21-22-11(16)3)9-15-17(13)20-18(19-15)12-6-7-12;1-7-13(8(2)23-19-7)9-5-11(16)14-12(6-9)17-15(18-14)20-24(21,22)10-3-4-10/h3-9,12-14,19H,10-11H2,1-2H3,(H2,28,29,31);4-6,9-12,17H,7-8H2,1-3H3,(H2,27,28,30);7-8,14H,5-6H2,1-4H3,(H,23,24)(H2,21,22,26);8-9,12H,6-7H2,1-3H3,(H,19,20);5-6,10H,3-4H2,1-2H3,(H2,17,18,20). The fourth-order valence-corrected chi connectivity index (χ4v) is 24.6. The van der Waals surface area contributed by atoms with Gasteiger partial charge in [0.1, 0.15) is 45.7 Å². The number of imidazole rings is 5. The molecule has 0 amide bonds. The van der Waals surface area contributed by atoms with Gasteiger partial charge in [0.2, 0.25) is 63.9 Å². The predicted molar refractivity (Wildman–Crippen MR) is 566 cm³/mol. The molecular formula is C104H100IN23O13S4. The maximum atomic E-state index is 12.6. The van der Waals surface area contributed by atoms with Gasteiger partial charge in [-0.05, 0) is 302 Å². The van der Waals surface area contributed by atoms with Crippen LogP contribution in [0.5, 0.6) is 0 Å². The van der Waals surface area contributed by atoms with Crippen LogP contribution in [0.1, 0.15) is 163 Å². The van der Waals surface area contributed by atoms with E-state index in [1.807, 2.05) is 199 Å². The van der Waals surface area contributed by atoms with Gasteiger partial charge in [-0.3, -0.25) is 34.0 Å². The van der Waals surface area contributed by atoms with Crippen molar-refractivity contribution in [2.45, 2.75) is 188 Å². The van der Waals surface area contributed by atoms with Gasteiger partial charge in [0.05, 0.1) is 116 Å². The lowest BCUT2D eigenvalue weighted by atomic mass is 9.92. The molecule has 0 atom stereocenters. The van der Waals surface area contributed by atoms with Gasteiger partial charge in [0.25, 0.3) is 0 Å². The molecule has 0 radical (unpaired) electrons. The van der Waals surface area contributed by atoms with Crippen LogP contribution in [-0.4, -0.2) is 150 Å². The van der Waals surface area contributed by atoms with Crippen LogP contribution in [0.2, 0.25) is 0 Å². The van der Waals surface area contributed by atoms with Crippen LogP contribution < -0.4 is 18.9 Å². The molecule has 0 saturated heterocycles. The predicted octanol–water partition coefficient (Wildman–Crippen LogP) is 21.9. The Hall–Kier alpha value is -15.0. The fourth-order valence-electron chi connectivity index (χ4n) is 18.7. The normalized spacial score (nSPS) is 14.3. The molecule has 10 N–H and O–H groups in total. The summed E-state index contributed by atoms with van der Waals surface area (Å²) in [5.41, 5.74) is 33.1. The third-order valence-electron chi connectivity index (χ3n) is 26.4. The highest BCUT2D eigenvalue weighted by molar-refractivity contribution is 14.1. The molecule has 25 rings (SSSR count). The third-order valence-corrected chi connectivity index (χ3v) is 34.5. The lowest BCUT2D eigenvalue weighted by Crippen LogP contribution is -2.18. The van der Waals surface area contributed by atoms with E-state index in [0.29, 0.717) is 96.6 Å². The summed E-state index contributed by atoms with van der Waals surface area (Å²) >= 11 is 2.20. The second kappa shape index (κ2) is 37.6. The summed E-state index contributed by atoms with van der Waals surface area (Å²) < 4.78 is 137. The van der Waals surface area contributed by atoms with Crippen LogP contribution in [0.4, 0.5) is 23.8 Å². The number of hydrogen-bond donors (Lipinski definition) is 10. The molecule has 740 valence electrons. The van der Waals surface area contributed by atoms with Crippen molar-refractivity contribution in [3.8, 4) is 112 Å². The Morgan fingerprint density at radius 3 is 1.13 bits per heavy atom.